The van der Waals surface area contributed by atoms with Gasteiger partial charge in [0, 0.05) is 17.0 Å². The third-order valence-electron chi connectivity index (χ3n) is 3.72. The minimum absolute atomic E-state index is 0.243. The largest absolute Gasteiger partial charge is 0.467 e. The molecule has 1 amide bonds. The third kappa shape index (κ3) is 2.57. The number of rotatable bonds is 2. The second-order valence-corrected chi connectivity index (χ2v) is 5.45. The van der Waals surface area contributed by atoms with E-state index in [0.717, 1.165) is 11.4 Å². The average molecular weight is 320 g/mol. The summed E-state index contributed by atoms with van der Waals surface area (Å²) in [7, 11) is 1.31. The number of H-pyrrole nitrogens is 1. The van der Waals surface area contributed by atoms with Gasteiger partial charge in [-0.25, -0.2) is 9.78 Å². The van der Waals surface area contributed by atoms with Gasteiger partial charge in [0.2, 0.25) is 0 Å². The van der Waals surface area contributed by atoms with Gasteiger partial charge in [0.05, 0.1) is 31.4 Å². The van der Waals surface area contributed by atoms with E-state index in [4.69, 9.17) is 16.3 Å². The Morgan fingerprint density at radius 1 is 1.36 bits per heavy atom. The summed E-state index contributed by atoms with van der Waals surface area (Å²) < 4.78 is 4.82. The summed E-state index contributed by atoms with van der Waals surface area (Å²) in [6.45, 7) is 0.288. The SMILES string of the molecule is COC(=O)C1Cc2nc[nH]c2CN1C(=O)c1ccc(Cl)cc1. The summed E-state index contributed by atoms with van der Waals surface area (Å²) in [6.07, 6.45) is 1.90. The zero-order valence-electron chi connectivity index (χ0n) is 11.9. The number of nitrogens with one attached hydrogen (secondary N) is 1. The minimum Gasteiger partial charge on any atom is -0.467 e. The summed E-state index contributed by atoms with van der Waals surface area (Å²) in [4.78, 5) is 33.4. The first-order chi connectivity index (χ1) is 10.6. The predicted octanol–water partition coefficient (Wildman–Crippen LogP) is 1.80. The third-order valence-corrected chi connectivity index (χ3v) is 3.98. The summed E-state index contributed by atoms with van der Waals surface area (Å²) in [5.41, 5.74) is 2.10. The molecule has 0 bridgehead atoms. The quantitative estimate of drug-likeness (QED) is 0.857. The smallest absolute Gasteiger partial charge is 0.329 e. The molecule has 0 radical (unpaired) electrons. The number of imidazole rings is 1. The van der Waals surface area contributed by atoms with E-state index in [0.29, 0.717) is 17.0 Å². The predicted molar refractivity (Wildman–Crippen MR) is 79.4 cm³/mol. The summed E-state index contributed by atoms with van der Waals surface area (Å²) in [5, 5.41) is 0.551. The number of esters is 1. The summed E-state index contributed by atoms with van der Waals surface area (Å²) >= 11 is 5.84. The second-order valence-electron chi connectivity index (χ2n) is 5.01. The van der Waals surface area contributed by atoms with Crippen LogP contribution in [0.2, 0.25) is 5.02 Å². The van der Waals surface area contributed by atoms with E-state index in [1.165, 1.54) is 12.0 Å². The fraction of sp³-hybridized carbons (Fsp3) is 0.267. The number of carbonyl (C=O) groups excluding carboxylic acids is 2. The van der Waals surface area contributed by atoms with Crippen molar-refractivity contribution in [2.24, 2.45) is 0 Å². The molecule has 1 aromatic carbocycles. The van der Waals surface area contributed by atoms with E-state index in [1.807, 2.05) is 0 Å². The highest BCUT2D eigenvalue weighted by atomic mass is 35.5. The number of aromatic nitrogens is 2. The normalized spacial score (nSPS) is 17.0. The second kappa shape index (κ2) is 5.81. The molecule has 1 unspecified atom stereocenters. The van der Waals surface area contributed by atoms with Crippen LogP contribution >= 0.6 is 11.6 Å². The van der Waals surface area contributed by atoms with Crippen LogP contribution in [-0.2, 0) is 22.5 Å². The summed E-state index contributed by atoms with van der Waals surface area (Å²) in [5.74, 6) is -0.691. The van der Waals surface area contributed by atoms with Crippen LogP contribution in [0.25, 0.3) is 0 Å². The maximum atomic E-state index is 12.7. The number of hydrogen-bond donors (Lipinski definition) is 1. The fourth-order valence-corrected chi connectivity index (χ4v) is 2.68. The lowest BCUT2D eigenvalue weighted by molar-refractivity contribution is -0.146. The molecule has 1 aromatic heterocycles. The van der Waals surface area contributed by atoms with Crippen molar-refractivity contribution in [3.63, 3.8) is 0 Å². The van der Waals surface area contributed by atoms with Crippen molar-refractivity contribution >= 4 is 23.5 Å². The van der Waals surface area contributed by atoms with Gasteiger partial charge < -0.3 is 14.6 Å². The van der Waals surface area contributed by atoms with E-state index in [1.54, 1.807) is 30.6 Å². The number of carbonyl (C=O) groups is 2. The number of hydrogen-bond acceptors (Lipinski definition) is 4. The molecule has 7 heteroatoms. The molecule has 1 aliphatic rings. The number of aromatic amines is 1. The molecule has 1 N–H and O–H groups in total. The zero-order valence-corrected chi connectivity index (χ0v) is 12.6. The molecule has 0 saturated carbocycles. The molecule has 2 aromatic rings. The molecule has 0 aliphatic carbocycles. The molecule has 1 aliphatic heterocycles. The Labute approximate surface area is 132 Å². The Morgan fingerprint density at radius 3 is 2.77 bits per heavy atom. The van der Waals surface area contributed by atoms with Gasteiger partial charge in [-0.05, 0) is 24.3 Å². The molecule has 22 heavy (non-hydrogen) atoms. The molecule has 0 saturated heterocycles. The highest BCUT2D eigenvalue weighted by Crippen LogP contribution is 2.24. The standard InChI is InChI=1S/C15H14ClN3O3/c1-22-15(21)13-6-11-12(18-8-17-11)7-19(13)14(20)9-2-4-10(16)5-3-9/h2-5,8,13H,6-7H2,1H3,(H,17,18). The van der Waals surface area contributed by atoms with Crippen LogP contribution < -0.4 is 0 Å². The number of fused-ring (bicyclic) bond motifs is 1. The van der Waals surface area contributed by atoms with Gasteiger partial charge in [0.1, 0.15) is 6.04 Å². The highest BCUT2D eigenvalue weighted by molar-refractivity contribution is 6.30. The van der Waals surface area contributed by atoms with Crippen LogP contribution in [0.1, 0.15) is 21.7 Å². The highest BCUT2D eigenvalue weighted by Gasteiger charge is 2.37. The van der Waals surface area contributed by atoms with E-state index in [2.05, 4.69) is 9.97 Å². The Hall–Kier alpha value is -2.34. The number of amides is 1. The van der Waals surface area contributed by atoms with Crippen molar-refractivity contribution in [1.29, 1.82) is 0 Å². The van der Waals surface area contributed by atoms with Crippen molar-refractivity contribution in [2.75, 3.05) is 7.11 Å². The van der Waals surface area contributed by atoms with Crippen LogP contribution in [0.3, 0.4) is 0 Å². The number of halogens is 1. The van der Waals surface area contributed by atoms with Crippen molar-refractivity contribution in [3.8, 4) is 0 Å². The zero-order chi connectivity index (χ0) is 15.7. The minimum atomic E-state index is -0.677. The fourth-order valence-electron chi connectivity index (χ4n) is 2.55. The Bertz CT molecular complexity index is 711. The monoisotopic (exact) mass is 319 g/mol. The van der Waals surface area contributed by atoms with Crippen molar-refractivity contribution in [2.45, 2.75) is 19.0 Å². The maximum absolute atomic E-state index is 12.7. The number of nitrogens with zero attached hydrogens (tertiary/aromatic N) is 2. The lowest BCUT2D eigenvalue weighted by atomic mass is 10.0. The van der Waals surface area contributed by atoms with E-state index >= 15 is 0 Å². The molecule has 1 atom stereocenters. The molecular weight excluding hydrogens is 306 g/mol. The first kappa shape index (κ1) is 14.6. The van der Waals surface area contributed by atoms with Gasteiger partial charge in [-0.2, -0.15) is 0 Å². The molecule has 6 nitrogen and oxygen atoms in total. The Balaban J connectivity index is 1.93. The molecule has 114 valence electrons. The van der Waals surface area contributed by atoms with E-state index in [9.17, 15) is 9.59 Å². The van der Waals surface area contributed by atoms with E-state index < -0.39 is 12.0 Å². The van der Waals surface area contributed by atoms with E-state index in [-0.39, 0.29) is 12.5 Å². The lowest BCUT2D eigenvalue weighted by Gasteiger charge is -2.33. The van der Waals surface area contributed by atoms with Gasteiger partial charge in [0.25, 0.3) is 5.91 Å². The van der Waals surface area contributed by atoms with Gasteiger partial charge in [-0.15, -0.1) is 0 Å². The number of methoxy groups -OCH3 is 1. The first-order valence-corrected chi connectivity index (χ1v) is 7.13. The van der Waals surface area contributed by atoms with Gasteiger partial charge in [0.15, 0.2) is 0 Å². The first-order valence-electron chi connectivity index (χ1n) is 6.75. The maximum Gasteiger partial charge on any atom is 0.329 e. The molecule has 3 rings (SSSR count). The Kier molecular flexibility index (Phi) is 3.85. The van der Waals surface area contributed by atoms with Gasteiger partial charge in [-0.1, -0.05) is 11.6 Å². The number of ether oxygens (including phenoxy) is 1. The van der Waals surface area contributed by atoms with Gasteiger partial charge in [-0.3, -0.25) is 4.79 Å². The van der Waals surface area contributed by atoms with Crippen LogP contribution in [0.15, 0.2) is 30.6 Å². The van der Waals surface area contributed by atoms with Crippen molar-refractivity contribution in [3.05, 3.63) is 52.6 Å². The summed E-state index contributed by atoms with van der Waals surface area (Å²) in [6, 6.07) is 5.90. The van der Waals surface area contributed by atoms with Crippen LogP contribution in [0, 0.1) is 0 Å². The topological polar surface area (TPSA) is 75.3 Å². The molecule has 0 spiro atoms. The van der Waals surface area contributed by atoms with Crippen molar-refractivity contribution in [1.82, 2.24) is 14.9 Å². The van der Waals surface area contributed by atoms with Gasteiger partial charge >= 0.3 is 5.97 Å². The number of benzene rings is 1. The molecule has 0 fully saturated rings. The lowest BCUT2D eigenvalue weighted by Crippen LogP contribution is -2.49. The van der Waals surface area contributed by atoms with Crippen LogP contribution in [0.5, 0.6) is 0 Å². The molecular formula is C15H14ClN3O3. The van der Waals surface area contributed by atoms with Crippen molar-refractivity contribution < 1.29 is 14.3 Å². The average Bonchev–Trinajstić information content (AvgIpc) is 3.00. The van der Waals surface area contributed by atoms with Crippen LogP contribution in [0.4, 0.5) is 0 Å². The van der Waals surface area contributed by atoms with Crippen LogP contribution in [-0.4, -0.2) is 39.9 Å². The Morgan fingerprint density at radius 2 is 2.09 bits per heavy atom. The molecule has 2 heterocycles.